The molecule has 0 radical (unpaired) electrons. The summed E-state index contributed by atoms with van der Waals surface area (Å²) in [6.07, 6.45) is 1.78. The lowest BCUT2D eigenvalue weighted by atomic mass is 9.64. The van der Waals surface area contributed by atoms with Gasteiger partial charge in [-0.2, -0.15) is 0 Å². The van der Waals surface area contributed by atoms with Crippen LogP contribution in [-0.4, -0.2) is 87.9 Å². The number of hydrogen-bond acceptors (Lipinski definition) is 8. The summed E-state index contributed by atoms with van der Waals surface area (Å²) in [5.41, 5.74) is -2.27. The summed E-state index contributed by atoms with van der Waals surface area (Å²) in [7, 11) is 1.49. The van der Waals surface area contributed by atoms with Crippen LogP contribution in [0.25, 0.3) is 0 Å². The van der Waals surface area contributed by atoms with E-state index < -0.39 is 47.9 Å². The first-order chi connectivity index (χ1) is 18.1. The van der Waals surface area contributed by atoms with E-state index in [0.717, 1.165) is 37.9 Å². The molecule has 11 atom stereocenters. The van der Waals surface area contributed by atoms with Crippen LogP contribution in [0.4, 0.5) is 4.79 Å². The molecule has 3 aliphatic rings. The van der Waals surface area contributed by atoms with Crippen molar-refractivity contribution in [1.82, 2.24) is 4.90 Å². The summed E-state index contributed by atoms with van der Waals surface area (Å²) in [5, 5.41) is 34.4. The number of amides is 1. The standard InChI is InChI=1S/C30H53NO8/c1-10-18-15-19(11-2)25(22(32)21(18)24-17(4)13-14-20(12-3)37-24)38-27-23(33)26(30(8,35)16-36-27)31(9)28(34)39-29(5,6)7/h14,17-19,21-27,32-33,35H,10-13,15-16H2,1-9H3. The molecule has 0 aromatic rings. The number of rotatable bonds is 7. The van der Waals surface area contributed by atoms with Crippen molar-refractivity contribution in [3.05, 3.63) is 11.8 Å². The van der Waals surface area contributed by atoms with Gasteiger partial charge in [-0.1, -0.05) is 40.5 Å². The van der Waals surface area contributed by atoms with Crippen molar-refractivity contribution in [2.75, 3.05) is 13.7 Å². The van der Waals surface area contributed by atoms with Crippen LogP contribution in [0.5, 0.6) is 0 Å². The molecule has 3 N–H and O–H groups in total. The summed E-state index contributed by atoms with van der Waals surface area (Å²) in [6.45, 7) is 15.1. The third-order valence-electron chi connectivity index (χ3n) is 8.86. The van der Waals surface area contributed by atoms with E-state index in [-0.39, 0.29) is 36.4 Å². The van der Waals surface area contributed by atoms with Gasteiger partial charge in [0.2, 0.25) is 0 Å². The Labute approximate surface area is 234 Å². The van der Waals surface area contributed by atoms with Crippen molar-refractivity contribution in [2.24, 2.45) is 23.7 Å². The van der Waals surface area contributed by atoms with Crippen LogP contribution in [-0.2, 0) is 18.9 Å². The fourth-order valence-electron chi connectivity index (χ4n) is 6.74. The minimum absolute atomic E-state index is 0.0570. The van der Waals surface area contributed by atoms with Gasteiger partial charge in [0.15, 0.2) is 6.29 Å². The summed E-state index contributed by atoms with van der Waals surface area (Å²) in [4.78, 5) is 14.1. The molecule has 0 bridgehead atoms. The third-order valence-corrected chi connectivity index (χ3v) is 8.86. The first-order valence-electron chi connectivity index (χ1n) is 14.8. The lowest BCUT2D eigenvalue weighted by molar-refractivity contribution is -0.311. The van der Waals surface area contributed by atoms with Gasteiger partial charge in [0.05, 0.1) is 30.6 Å². The van der Waals surface area contributed by atoms with Gasteiger partial charge in [0, 0.05) is 19.4 Å². The number of allylic oxidation sites excluding steroid dienone is 2. The lowest BCUT2D eigenvalue weighted by Crippen LogP contribution is -2.68. The molecule has 39 heavy (non-hydrogen) atoms. The second kappa shape index (κ2) is 12.6. The molecular formula is C30H53NO8. The van der Waals surface area contributed by atoms with Gasteiger partial charge in [0.1, 0.15) is 23.4 Å². The first kappa shape index (κ1) is 32.1. The zero-order valence-corrected chi connectivity index (χ0v) is 25.4. The Morgan fingerprint density at radius 2 is 1.79 bits per heavy atom. The molecule has 9 nitrogen and oxygen atoms in total. The molecule has 0 aromatic heterocycles. The SMILES string of the molecule is CCC1=CCC(C)C(C2C(CC)CC(CC)C(OC3OCC(C)(O)C(N(C)C(=O)OC(C)(C)C)C3O)C2O)O1. The molecule has 1 saturated heterocycles. The van der Waals surface area contributed by atoms with Gasteiger partial charge in [-0.25, -0.2) is 4.79 Å². The maximum absolute atomic E-state index is 12.8. The lowest BCUT2D eigenvalue weighted by Gasteiger charge is -2.52. The molecule has 1 saturated carbocycles. The highest BCUT2D eigenvalue weighted by Gasteiger charge is 2.54. The van der Waals surface area contributed by atoms with Crippen LogP contribution in [0.3, 0.4) is 0 Å². The fraction of sp³-hybridized carbons (Fsp3) is 0.900. The second-order valence-corrected chi connectivity index (χ2v) is 13.1. The van der Waals surface area contributed by atoms with Gasteiger partial charge < -0.3 is 39.2 Å². The number of nitrogens with zero attached hydrogens (tertiary/aromatic N) is 1. The maximum Gasteiger partial charge on any atom is 0.410 e. The van der Waals surface area contributed by atoms with Crippen LogP contribution in [0.15, 0.2) is 11.8 Å². The van der Waals surface area contributed by atoms with Gasteiger partial charge >= 0.3 is 6.09 Å². The van der Waals surface area contributed by atoms with Crippen molar-refractivity contribution >= 4 is 6.09 Å². The molecule has 2 aliphatic heterocycles. The number of carbonyl (C=O) groups is 1. The largest absolute Gasteiger partial charge is 0.494 e. The molecule has 0 aromatic carbocycles. The average Bonchev–Trinajstić information content (AvgIpc) is 2.85. The number of ether oxygens (including phenoxy) is 4. The second-order valence-electron chi connectivity index (χ2n) is 13.1. The Hall–Kier alpha value is -1.39. The van der Waals surface area contributed by atoms with Crippen molar-refractivity contribution in [1.29, 1.82) is 0 Å². The number of aliphatic hydroxyl groups excluding tert-OH is 2. The molecular weight excluding hydrogens is 502 g/mol. The van der Waals surface area contributed by atoms with Gasteiger partial charge in [-0.05, 0) is 64.4 Å². The highest BCUT2D eigenvalue weighted by atomic mass is 16.7. The van der Waals surface area contributed by atoms with E-state index in [9.17, 15) is 20.1 Å². The smallest absolute Gasteiger partial charge is 0.410 e. The van der Waals surface area contributed by atoms with Crippen molar-refractivity contribution in [3.8, 4) is 0 Å². The van der Waals surface area contributed by atoms with Crippen molar-refractivity contribution < 1.29 is 39.1 Å². The van der Waals surface area contributed by atoms with Crippen LogP contribution in [0.2, 0.25) is 0 Å². The Morgan fingerprint density at radius 1 is 1.15 bits per heavy atom. The minimum Gasteiger partial charge on any atom is -0.494 e. The molecule has 1 aliphatic carbocycles. The summed E-state index contributed by atoms with van der Waals surface area (Å²) < 4.78 is 24.2. The highest BCUT2D eigenvalue weighted by molar-refractivity contribution is 5.68. The fourth-order valence-corrected chi connectivity index (χ4v) is 6.74. The first-order valence-corrected chi connectivity index (χ1v) is 14.8. The molecule has 1 amide bonds. The number of likely N-dealkylation sites (N-methyl/N-ethyl adjacent to an activating group) is 1. The van der Waals surface area contributed by atoms with E-state index in [1.54, 1.807) is 20.8 Å². The van der Waals surface area contributed by atoms with E-state index in [0.29, 0.717) is 0 Å². The molecule has 9 heteroatoms. The van der Waals surface area contributed by atoms with Crippen LogP contribution in [0, 0.1) is 23.7 Å². The predicted molar refractivity (Wildman–Crippen MR) is 148 cm³/mol. The van der Waals surface area contributed by atoms with E-state index in [4.69, 9.17) is 18.9 Å². The predicted octanol–water partition coefficient (Wildman–Crippen LogP) is 4.23. The summed E-state index contributed by atoms with van der Waals surface area (Å²) >= 11 is 0. The maximum atomic E-state index is 12.8. The monoisotopic (exact) mass is 555 g/mol. The molecule has 2 heterocycles. The topological polar surface area (TPSA) is 118 Å². The summed E-state index contributed by atoms with van der Waals surface area (Å²) in [5.74, 6) is 1.43. The Morgan fingerprint density at radius 3 is 2.36 bits per heavy atom. The number of hydrogen-bond donors (Lipinski definition) is 3. The highest BCUT2D eigenvalue weighted by Crippen LogP contribution is 2.46. The van der Waals surface area contributed by atoms with Crippen LogP contribution in [0.1, 0.15) is 87.5 Å². The third kappa shape index (κ3) is 7.10. The van der Waals surface area contributed by atoms with Gasteiger partial charge in [0.25, 0.3) is 0 Å². The molecule has 3 rings (SSSR count). The normalized spacial score (nSPS) is 41.4. The minimum atomic E-state index is -1.54. The van der Waals surface area contributed by atoms with E-state index in [1.807, 2.05) is 0 Å². The summed E-state index contributed by atoms with van der Waals surface area (Å²) in [6, 6.07) is -1.04. The van der Waals surface area contributed by atoms with Gasteiger partial charge in [-0.15, -0.1) is 0 Å². The van der Waals surface area contributed by atoms with Crippen molar-refractivity contribution in [2.45, 2.75) is 135 Å². The van der Waals surface area contributed by atoms with Gasteiger partial charge in [-0.3, -0.25) is 0 Å². The zero-order valence-electron chi connectivity index (χ0n) is 25.4. The van der Waals surface area contributed by atoms with E-state index in [1.165, 1.54) is 18.9 Å². The number of aliphatic hydroxyl groups is 3. The van der Waals surface area contributed by atoms with Crippen LogP contribution >= 0.6 is 0 Å². The molecule has 2 fully saturated rings. The molecule has 0 spiro atoms. The zero-order chi connectivity index (χ0) is 29.3. The Bertz CT molecular complexity index is 854. The Kier molecular flexibility index (Phi) is 10.4. The molecule has 11 unspecified atom stereocenters. The van der Waals surface area contributed by atoms with E-state index >= 15 is 0 Å². The average molecular weight is 556 g/mol. The molecule has 226 valence electrons. The quantitative estimate of drug-likeness (QED) is 0.427. The van der Waals surface area contributed by atoms with Crippen LogP contribution < -0.4 is 0 Å². The Balaban J connectivity index is 1.85. The number of carbonyl (C=O) groups excluding carboxylic acids is 1. The van der Waals surface area contributed by atoms with E-state index in [2.05, 4.69) is 33.8 Å². The van der Waals surface area contributed by atoms with Crippen molar-refractivity contribution in [3.63, 3.8) is 0 Å².